The van der Waals surface area contributed by atoms with Crippen molar-refractivity contribution in [1.82, 2.24) is 9.55 Å². The number of carboxylic acid groups (broad SMARTS) is 1. The van der Waals surface area contributed by atoms with Crippen LogP contribution in [0.1, 0.15) is 47.2 Å². The molecule has 0 saturated carbocycles. The Labute approximate surface area is 174 Å². The number of aliphatic hydroxyl groups is 1. The fourth-order valence-corrected chi connectivity index (χ4v) is 3.33. The molecular formula is C22H23ClN2O4. The van der Waals surface area contributed by atoms with E-state index in [9.17, 15) is 15.0 Å². The number of imidazole rings is 1. The summed E-state index contributed by atoms with van der Waals surface area (Å²) in [5, 5.41) is 19.3. The number of aryl methyl sites for hydroxylation is 1. The molecule has 1 heterocycles. The first-order valence-corrected chi connectivity index (χ1v) is 9.85. The molecule has 152 valence electrons. The quantitative estimate of drug-likeness (QED) is 0.519. The highest BCUT2D eigenvalue weighted by atomic mass is 35.5. The van der Waals surface area contributed by atoms with Crippen molar-refractivity contribution in [3.63, 3.8) is 0 Å². The van der Waals surface area contributed by atoms with Gasteiger partial charge in [-0.05, 0) is 36.2 Å². The number of aromatic nitrogens is 2. The number of aliphatic hydroxyl groups excluding tert-OH is 1. The minimum absolute atomic E-state index is 0.109. The Balaban J connectivity index is 1.79. The number of hydrogen-bond acceptors (Lipinski definition) is 4. The molecule has 0 aliphatic rings. The first-order valence-electron chi connectivity index (χ1n) is 9.47. The fourth-order valence-electron chi connectivity index (χ4n) is 3.07. The summed E-state index contributed by atoms with van der Waals surface area (Å²) in [6.07, 6.45) is 2.83. The highest BCUT2D eigenvalue weighted by Gasteiger charge is 2.15. The predicted molar refractivity (Wildman–Crippen MR) is 111 cm³/mol. The number of ether oxygens (including phenoxy) is 1. The topological polar surface area (TPSA) is 84.6 Å². The van der Waals surface area contributed by atoms with E-state index in [2.05, 4.69) is 11.9 Å². The Kier molecular flexibility index (Phi) is 6.90. The minimum Gasteiger partial charge on any atom is -0.478 e. The first-order chi connectivity index (χ1) is 14.0. The molecule has 0 fully saturated rings. The average molecular weight is 415 g/mol. The van der Waals surface area contributed by atoms with Crippen molar-refractivity contribution < 1.29 is 19.7 Å². The lowest BCUT2D eigenvalue weighted by Gasteiger charge is -2.12. The zero-order valence-corrected chi connectivity index (χ0v) is 16.9. The zero-order valence-electron chi connectivity index (χ0n) is 16.1. The van der Waals surface area contributed by atoms with E-state index in [0.717, 1.165) is 30.7 Å². The monoisotopic (exact) mass is 414 g/mol. The van der Waals surface area contributed by atoms with E-state index >= 15 is 0 Å². The van der Waals surface area contributed by atoms with Gasteiger partial charge in [-0.3, -0.25) is 0 Å². The number of para-hydroxylation sites is 1. The van der Waals surface area contributed by atoms with Crippen LogP contribution in [0, 0.1) is 0 Å². The van der Waals surface area contributed by atoms with Crippen LogP contribution in [0.5, 0.6) is 11.5 Å². The lowest BCUT2D eigenvalue weighted by atomic mass is 10.2. The number of hydrogen-bond donors (Lipinski definition) is 2. The van der Waals surface area contributed by atoms with Crippen molar-refractivity contribution in [3.05, 3.63) is 76.3 Å². The molecule has 0 aliphatic carbocycles. The van der Waals surface area contributed by atoms with E-state index in [1.165, 1.54) is 6.07 Å². The van der Waals surface area contributed by atoms with Crippen LogP contribution in [0.4, 0.5) is 0 Å². The summed E-state index contributed by atoms with van der Waals surface area (Å²) in [6.45, 7) is 2.47. The van der Waals surface area contributed by atoms with E-state index < -0.39 is 5.97 Å². The summed E-state index contributed by atoms with van der Waals surface area (Å²) in [4.78, 5) is 15.7. The molecule has 0 spiro atoms. The van der Waals surface area contributed by atoms with Gasteiger partial charge in [-0.25, -0.2) is 9.78 Å². The molecule has 1 aromatic heterocycles. The van der Waals surface area contributed by atoms with Gasteiger partial charge in [-0.15, -0.1) is 0 Å². The van der Waals surface area contributed by atoms with Crippen LogP contribution >= 0.6 is 11.6 Å². The summed E-state index contributed by atoms with van der Waals surface area (Å²) >= 11 is 6.19. The predicted octanol–water partition coefficient (Wildman–Crippen LogP) is 4.91. The van der Waals surface area contributed by atoms with Gasteiger partial charge < -0.3 is 19.5 Å². The van der Waals surface area contributed by atoms with E-state index in [1.807, 2.05) is 16.7 Å². The molecule has 0 bridgehead atoms. The Morgan fingerprint density at radius 2 is 1.90 bits per heavy atom. The lowest BCUT2D eigenvalue weighted by molar-refractivity contribution is 0.0694. The number of carboxylic acids is 1. The molecule has 0 amide bonds. The SMILES string of the molecule is CCCCc1nc(Cl)c(CO)n1Cc1ccc(Oc2ccccc2C(=O)O)cc1. The molecule has 0 aliphatic heterocycles. The van der Waals surface area contributed by atoms with Gasteiger partial charge in [0.25, 0.3) is 0 Å². The van der Waals surface area contributed by atoms with Crippen molar-refractivity contribution in [2.75, 3.05) is 0 Å². The van der Waals surface area contributed by atoms with E-state index in [-0.39, 0.29) is 12.2 Å². The number of nitrogens with zero attached hydrogens (tertiary/aromatic N) is 2. The Hall–Kier alpha value is -2.83. The van der Waals surface area contributed by atoms with Crippen molar-refractivity contribution in [1.29, 1.82) is 0 Å². The molecule has 0 radical (unpaired) electrons. The lowest BCUT2D eigenvalue weighted by Crippen LogP contribution is -2.09. The van der Waals surface area contributed by atoms with Gasteiger partial charge >= 0.3 is 5.97 Å². The molecular weight excluding hydrogens is 392 g/mol. The van der Waals surface area contributed by atoms with Gasteiger partial charge in [-0.1, -0.05) is 49.2 Å². The van der Waals surface area contributed by atoms with Crippen LogP contribution in [0.15, 0.2) is 48.5 Å². The zero-order chi connectivity index (χ0) is 20.8. The maximum absolute atomic E-state index is 11.3. The van der Waals surface area contributed by atoms with Gasteiger partial charge in [0.2, 0.25) is 0 Å². The third-order valence-corrected chi connectivity index (χ3v) is 4.92. The van der Waals surface area contributed by atoms with Crippen LogP contribution in [-0.4, -0.2) is 25.7 Å². The highest BCUT2D eigenvalue weighted by Crippen LogP contribution is 2.26. The first kappa shape index (κ1) is 20.9. The fraction of sp³-hybridized carbons (Fsp3) is 0.273. The van der Waals surface area contributed by atoms with Gasteiger partial charge in [0.05, 0.1) is 12.3 Å². The maximum Gasteiger partial charge on any atom is 0.339 e. The molecule has 2 aromatic carbocycles. The number of benzene rings is 2. The van der Waals surface area contributed by atoms with Crippen LogP contribution in [-0.2, 0) is 19.6 Å². The molecule has 0 atom stereocenters. The van der Waals surface area contributed by atoms with Crippen molar-refractivity contribution in [3.8, 4) is 11.5 Å². The van der Waals surface area contributed by atoms with Crippen molar-refractivity contribution >= 4 is 17.6 Å². The second-order valence-corrected chi connectivity index (χ2v) is 7.02. The molecule has 3 rings (SSSR count). The molecule has 29 heavy (non-hydrogen) atoms. The minimum atomic E-state index is -1.04. The summed E-state index contributed by atoms with van der Waals surface area (Å²) in [7, 11) is 0. The van der Waals surface area contributed by atoms with E-state index in [1.54, 1.807) is 30.3 Å². The summed E-state index contributed by atoms with van der Waals surface area (Å²) in [5.74, 6) is 0.653. The van der Waals surface area contributed by atoms with E-state index in [4.69, 9.17) is 16.3 Å². The molecule has 0 unspecified atom stereocenters. The Morgan fingerprint density at radius 3 is 2.55 bits per heavy atom. The normalized spacial score (nSPS) is 10.9. The second-order valence-electron chi connectivity index (χ2n) is 6.66. The number of halogens is 1. The number of unbranched alkanes of at least 4 members (excludes halogenated alkanes) is 1. The molecule has 6 nitrogen and oxygen atoms in total. The van der Waals surface area contributed by atoms with Crippen molar-refractivity contribution in [2.24, 2.45) is 0 Å². The largest absolute Gasteiger partial charge is 0.478 e. The Bertz CT molecular complexity index is 983. The third-order valence-electron chi connectivity index (χ3n) is 4.62. The maximum atomic E-state index is 11.3. The number of rotatable bonds is 9. The average Bonchev–Trinajstić information content (AvgIpc) is 3.02. The summed E-state index contributed by atoms with van der Waals surface area (Å²) < 4.78 is 7.69. The molecule has 0 saturated heterocycles. The van der Waals surface area contributed by atoms with Gasteiger partial charge in [0.1, 0.15) is 22.9 Å². The van der Waals surface area contributed by atoms with Crippen LogP contribution in [0.2, 0.25) is 5.15 Å². The third kappa shape index (κ3) is 4.96. The Morgan fingerprint density at radius 1 is 1.17 bits per heavy atom. The second kappa shape index (κ2) is 9.58. The summed E-state index contributed by atoms with van der Waals surface area (Å²) in [6, 6.07) is 13.9. The molecule has 7 heteroatoms. The van der Waals surface area contributed by atoms with Gasteiger partial charge in [-0.2, -0.15) is 0 Å². The summed E-state index contributed by atoms with van der Waals surface area (Å²) in [5.41, 5.74) is 1.71. The van der Waals surface area contributed by atoms with Gasteiger partial charge in [0.15, 0.2) is 5.15 Å². The van der Waals surface area contributed by atoms with Crippen LogP contribution < -0.4 is 4.74 Å². The van der Waals surface area contributed by atoms with Crippen molar-refractivity contribution in [2.45, 2.75) is 39.3 Å². The van der Waals surface area contributed by atoms with Gasteiger partial charge in [0, 0.05) is 13.0 Å². The van der Waals surface area contributed by atoms with E-state index in [0.29, 0.717) is 28.9 Å². The standard InChI is InChI=1S/C22H23ClN2O4/c1-2-3-8-20-24-21(23)18(14-26)25(20)13-15-9-11-16(12-10-15)29-19-7-5-4-6-17(19)22(27)28/h4-7,9-12,26H,2-3,8,13-14H2,1H3,(H,27,28). The number of aromatic carboxylic acids is 1. The smallest absolute Gasteiger partial charge is 0.339 e. The molecule has 3 aromatic rings. The van der Waals surface area contributed by atoms with Crippen LogP contribution in [0.25, 0.3) is 0 Å². The van der Waals surface area contributed by atoms with Crippen LogP contribution in [0.3, 0.4) is 0 Å². The molecule has 2 N–H and O–H groups in total. The highest BCUT2D eigenvalue weighted by molar-refractivity contribution is 6.30. The number of carbonyl (C=O) groups is 1.